The molecule has 2 rings (SSSR count). The number of amides is 1. The van der Waals surface area contributed by atoms with E-state index in [-0.39, 0.29) is 31.2 Å². The molecule has 10 heteroatoms. The highest BCUT2D eigenvalue weighted by Gasteiger charge is 2.08. The van der Waals surface area contributed by atoms with Crippen LogP contribution in [0.4, 0.5) is 8.78 Å². The van der Waals surface area contributed by atoms with E-state index in [0.29, 0.717) is 11.3 Å². The van der Waals surface area contributed by atoms with Crippen LogP contribution in [0.25, 0.3) is 0 Å². The van der Waals surface area contributed by atoms with Crippen LogP contribution in [-0.2, 0) is 29.1 Å². The van der Waals surface area contributed by atoms with Crippen molar-refractivity contribution in [1.82, 2.24) is 20.3 Å². The highest BCUT2D eigenvalue weighted by atomic mass is 19.3. The molecule has 1 heterocycles. The number of carboxylic acid groups (broad SMARTS) is 1. The van der Waals surface area contributed by atoms with Crippen molar-refractivity contribution in [3.8, 4) is 5.75 Å². The molecule has 0 atom stereocenters. The van der Waals surface area contributed by atoms with Crippen LogP contribution in [-0.4, -0.2) is 38.6 Å². The van der Waals surface area contributed by atoms with Gasteiger partial charge in [0.05, 0.1) is 19.2 Å². The molecule has 1 aromatic carbocycles. The third kappa shape index (κ3) is 5.63. The summed E-state index contributed by atoms with van der Waals surface area (Å²) in [7, 11) is 0. The summed E-state index contributed by atoms with van der Waals surface area (Å²) in [6.45, 7) is -3.10. The van der Waals surface area contributed by atoms with Crippen LogP contribution in [0.15, 0.2) is 30.5 Å². The summed E-state index contributed by atoms with van der Waals surface area (Å²) >= 11 is 0. The third-order valence-corrected chi connectivity index (χ3v) is 2.86. The summed E-state index contributed by atoms with van der Waals surface area (Å²) in [5.74, 6) is -1.33. The molecule has 0 aliphatic rings. The molecule has 2 aromatic rings. The molecule has 0 aliphatic heterocycles. The lowest BCUT2D eigenvalue weighted by molar-refractivity contribution is -0.138. The SMILES string of the molecule is O=C(O)Cn1cc(CNC(=O)Cc2ccc(OC(F)F)cc2)nn1. The second-order valence-electron chi connectivity index (χ2n) is 4.78. The number of rotatable bonds is 8. The Kier molecular flexibility index (Phi) is 5.77. The first kappa shape index (κ1) is 17.3. The largest absolute Gasteiger partial charge is 0.480 e. The van der Waals surface area contributed by atoms with E-state index in [1.54, 1.807) is 0 Å². The normalized spacial score (nSPS) is 10.6. The molecule has 128 valence electrons. The Hall–Kier alpha value is -3.04. The third-order valence-electron chi connectivity index (χ3n) is 2.86. The van der Waals surface area contributed by atoms with E-state index in [0.717, 1.165) is 4.68 Å². The number of hydrogen-bond donors (Lipinski definition) is 2. The lowest BCUT2D eigenvalue weighted by Gasteiger charge is -2.06. The maximum Gasteiger partial charge on any atom is 0.387 e. The summed E-state index contributed by atoms with van der Waals surface area (Å²) in [4.78, 5) is 22.3. The van der Waals surface area contributed by atoms with E-state index < -0.39 is 12.6 Å². The minimum atomic E-state index is -2.89. The van der Waals surface area contributed by atoms with Crippen LogP contribution < -0.4 is 10.1 Å². The zero-order valence-corrected chi connectivity index (χ0v) is 12.4. The molecule has 0 spiro atoms. The maximum absolute atomic E-state index is 12.0. The van der Waals surface area contributed by atoms with Crippen molar-refractivity contribution in [1.29, 1.82) is 0 Å². The predicted molar refractivity (Wildman–Crippen MR) is 76.3 cm³/mol. The van der Waals surface area contributed by atoms with Crippen LogP contribution in [0.5, 0.6) is 5.75 Å². The van der Waals surface area contributed by atoms with Crippen LogP contribution in [0, 0.1) is 0 Å². The fourth-order valence-electron chi connectivity index (χ4n) is 1.86. The maximum atomic E-state index is 12.0. The number of carbonyl (C=O) groups excluding carboxylic acids is 1. The van der Waals surface area contributed by atoms with Crippen molar-refractivity contribution in [3.05, 3.63) is 41.7 Å². The molecule has 0 unspecified atom stereocenters. The Morgan fingerprint density at radius 2 is 2.00 bits per heavy atom. The fraction of sp³-hybridized carbons (Fsp3) is 0.286. The van der Waals surface area contributed by atoms with E-state index >= 15 is 0 Å². The van der Waals surface area contributed by atoms with Crippen LogP contribution in [0.1, 0.15) is 11.3 Å². The molecule has 0 aliphatic carbocycles. The Morgan fingerprint density at radius 1 is 1.29 bits per heavy atom. The lowest BCUT2D eigenvalue weighted by Crippen LogP contribution is -2.24. The van der Waals surface area contributed by atoms with Gasteiger partial charge in [0, 0.05) is 0 Å². The number of alkyl halides is 2. The van der Waals surface area contributed by atoms with Crippen molar-refractivity contribution < 1.29 is 28.2 Å². The first-order chi connectivity index (χ1) is 11.4. The summed E-state index contributed by atoms with van der Waals surface area (Å²) < 4.78 is 29.4. The number of carboxylic acids is 1. The standard InChI is InChI=1S/C14H14F2N4O4/c15-14(16)24-11-3-1-9(2-4-11)5-12(21)17-6-10-7-20(19-18-10)8-13(22)23/h1-4,7,14H,5-6,8H2,(H,17,21)(H,22,23). The Morgan fingerprint density at radius 3 is 2.62 bits per heavy atom. The van der Waals surface area contributed by atoms with Gasteiger partial charge in [-0.15, -0.1) is 5.10 Å². The molecular weight excluding hydrogens is 326 g/mol. The highest BCUT2D eigenvalue weighted by molar-refractivity contribution is 5.78. The molecule has 0 bridgehead atoms. The van der Waals surface area contributed by atoms with Gasteiger partial charge in [-0.3, -0.25) is 9.59 Å². The van der Waals surface area contributed by atoms with Crippen molar-refractivity contribution >= 4 is 11.9 Å². The van der Waals surface area contributed by atoms with Crippen LogP contribution in [0.2, 0.25) is 0 Å². The van der Waals surface area contributed by atoms with Gasteiger partial charge in [0.15, 0.2) is 0 Å². The van der Waals surface area contributed by atoms with Gasteiger partial charge in [0.1, 0.15) is 18.0 Å². The van der Waals surface area contributed by atoms with Crippen LogP contribution >= 0.6 is 0 Å². The summed E-state index contributed by atoms with van der Waals surface area (Å²) in [5.41, 5.74) is 1.05. The number of carbonyl (C=O) groups is 2. The predicted octanol–water partition coefficient (Wildman–Crippen LogP) is 0.823. The zero-order valence-electron chi connectivity index (χ0n) is 12.4. The van der Waals surface area contributed by atoms with Gasteiger partial charge in [-0.2, -0.15) is 8.78 Å². The number of nitrogens with one attached hydrogen (secondary N) is 1. The first-order valence-corrected chi connectivity index (χ1v) is 6.83. The van der Waals surface area contributed by atoms with Crippen LogP contribution in [0.3, 0.4) is 0 Å². The van der Waals surface area contributed by atoms with Crippen molar-refractivity contribution in [3.63, 3.8) is 0 Å². The molecule has 0 saturated carbocycles. The minimum Gasteiger partial charge on any atom is -0.480 e. The monoisotopic (exact) mass is 340 g/mol. The molecule has 24 heavy (non-hydrogen) atoms. The van der Waals surface area contributed by atoms with Crippen molar-refractivity contribution in [2.24, 2.45) is 0 Å². The van der Waals surface area contributed by atoms with Gasteiger partial charge in [0.2, 0.25) is 5.91 Å². The Bertz CT molecular complexity index is 703. The quantitative estimate of drug-likeness (QED) is 0.737. The van der Waals surface area contributed by atoms with Gasteiger partial charge >= 0.3 is 12.6 Å². The number of aromatic nitrogens is 3. The van der Waals surface area contributed by atoms with E-state index in [4.69, 9.17) is 5.11 Å². The zero-order chi connectivity index (χ0) is 17.5. The number of ether oxygens (including phenoxy) is 1. The highest BCUT2D eigenvalue weighted by Crippen LogP contribution is 2.15. The first-order valence-electron chi connectivity index (χ1n) is 6.83. The van der Waals surface area contributed by atoms with Crippen molar-refractivity contribution in [2.75, 3.05) is 0 Å². The van der Waals surface area contributed by atoms with E-state index in [1.165, 1.54) is 30.5 Å². The Labute approximate surface area is 135 Å². The molecule has 0 saturated heterocycles. The van der Waals surface area contributed by atoms with E-state index in [1.807, 2.05) is 0 Å². The summed E-state index contributed by atoms with van der Waals surface area (Å²) in [6.07, 6.45) is 1.48. The second-order valence-corrected chi connectivity index (χ2v) is 4.78. The molecule has 1 aromatic heterocycles. The average Bonchev–Trinajstić information content (AvgIpc) is 2.93. The second kappa shape index (κ2) is 7.99. The number of hydrogen-bond acceptors (Lipinski definition) is 5. The number of nitrogens with zero attached hydrogens (tertiary/aromatic N) is 3. The molecular formula is C14H14F2N4O4. The average molecular weight is 340 g/mol. The van der Waals surface area contributed by atoms with Gasteiger partial charge in [-0.05, 0) is 17.7 Å². The minimum absolute atomic E-state index is 0.0178. The Balaban J connectivity index is 1.80. The van der Waals surface area contributed by atoms with Gasteiger partial charge in [-0.25, -0.2) is 4.68 Å². The lowest BCUT2D eigenvalue weighted by atomic mass is 10.1. The molecule has 2 N–H and O–H groups in total. The van der Waals surface area contributed by atoms with Gasteiger partial charge in [0.25, 0.3) is 0 Å². The fourth-order valence-corrected chi connectivity index (χ4v) is 1.86. The van der Waals surface area contributed by atoms with Crippen molar-refractivity contribution in [2.45, 2.75) is 26.1 Å². The van der Waals surface area contributed by atoms with Gasteiger partial charge in [-0.1, -0.05) is 17.3 Å². The number of aliphatic carboxylic acids is 1. The van der Waals surface area contributed by atoms with E-state index in [9.17, 15) is 18.4 Å². The molecule has 1 amide bonds. The number of halogens is 2. The molecule has 0 fully saturated rings. The molecule has 0 radical (unpaired) electrons. The van der Waals surface area contributed by atoms with Gasteiger partial charge < -0.3 is 15.2 Å². The molecule has 8 nitrogen and oxygen atoms in total. The smallest absolute Gasteiger partial charge is 0.387 e. The topological polar surface area (TPSA) is 106 Å². The van der Waals surface area contributed by atoms with E-state index in [2.05, 4.69) is 20.4 Å². The summed E-state index contributed by atoms with van der Waals surface area (Å²) in [5, 5.41) is 18.6. The summed E-state index contributed by atoms with van der Waals surface area (Å²) in [6, 6.07) is 5.74. The number of benzene rings is 1.